The topological polar surface area (TPSA) is 61.8 Å². The zero-order chi connectivity index (χ0) is 13.8. The van der Waals surface area contributed by atoms with Crippen molar-refractivity contribution in [3.8, 4) is 0 Å². The van der Waals surface area contributed by atoms with Crippen molar-refractivity contribution in [2.75, 3.05) is 33.8 Å². The number of likely N-dealkylation sites (N-methyl/N-ethyl adjacent to an activating group) is 1. The summed E-state index contributed by atoms with van der Waals surface area (Å²) in [7, 11) is 3.45. The number of carboxylic acid groups (broad SMARTS) is 1. The summed E-state index contributed by atoms with van der Waals surface area (Å²) >= 11 is 0. The fourth-order valence-corrected chi connectivity index (χ4v) is 2.33. The van der Waals surface area contributed by atoms with Crippen molar-refractivity contribution >= 4 is 5.97 Å². The van der Waals surface area contributed by atoms with Crippen molar-refractivity contribution in [3.63, 3.8) is 0 Å². The first-order valence-electron chi connectivity index (χ1n) is 6.60. The van der Waals surface area contributed by atoms with Crippen molar-refractivity contribution in [2.45, 2.75) is 38.3 Å². The first-order chi connectivity index (χ1) is 8.42. The highest BCUT2D eigenvalue weighted by Gasteiger charge is 2.33. The minimum absolute atomic E-state index is 0.268. The largest absolute Gasteiger partial charge is 0.480 e. The second-order valence-electron chi connectivity index (χ2n) is 5.48. The van der Waals surface area contributed by atoms with Crippen LogP contribution in [-0.4, -0.2) is 61.4 Å². The number of nitrogens with one attached hydrogen (secondary N) is 1. The number of rotatable bonds is 6. The number of hydrogen-bond donors (Lipinski definition) is 2. The Labute approximate surface area is 109 Å². The van der Waals surface area contributed by atoms with E-state index in [-0.39, 0.29) is 6.10 Å². The molecule has 0 radical (unpaired) electrons. The SMILES string of the molecule is CNC(C)(CCN1CCC(C)C(OC)C1)C(=O)O. The molecule has 2 N–H and O–H groups in total. The van der Waals surface area contributed by atoms with E-state index >= 15 is 0 Å². The van der Waals surface area contributed by atoms with Crippen LogP contribution in [0.5, 0.6) is 0 Å². The molecule has 1 aliphatic rings. The average molecular weight is 258 g/mol. The molecule has 5 heteroatoms. The molecule has 0 saturated carbocycles. The van der Waals surface area contributed by atoms with Crippen LogP contribution >= 0.6 is 0 Å². The highest BCUT2D eigenvalue weighted by Crippen LogP contribution is 2.20. The molecule has 5 nitrogen and oxygen atoms in total. The van der Waals surface area contributed by atoms with Crippen LogP contribution in [0.25, 0.3) is 0 Å². The van der Waals surface area contributed by atoms with Gasteiger partial charge in [-0.3, -0.25) is 4.79 Å². The summed E-state index contributed by atoms with van der Waals surface area (Å²) < 4.78 is 5.47. The second-order valence-corrected chi connectivity index (χ2v) is 5.48. The lowest BCUT2D eigenvalue weighted by Gasteiger charge is -2.37. The van der Waals surface area contributed by atoms with E-state index in [9.17, 15) is 9.90 Å². The number of ether oxygens (including phenoxy) is 1. The third kappa shape index (κ3) is 3.67. The van der Waals surface area contributed by atoms with Gasteiger partial charge < -0.3 is 20.1 Å². The van der Waals surface area contributed by atoms with Crippen LogP contribution in [0.3, 0.4) is 0 Å². The van der Waals surface area contributed by atoms with Gasteiger partial charge in [0.2, 0.25) is 0 Å². The Balaban J connectivity index is 2.46. The maximum absolute atomic E-state index is 11.2. The summed E-state index contributed by atoms with van der Waals surface area (Å²) in [5.41, 5.74) is -0.842. The molecule has 0 spiro atoms. The molecule has 1 heterocycles. The lowest BCUT2D eigenvalue weighted by atomic mass is 9.93. The van der Waals surface area contributed by atoms with Gasteiger partial charge in [-0.15, -0.1) is 0 Å². The number of methoxy groups -OCH3 is 1. The number of piperidine rings is 1. The van der Waals surface area contributed by atoms with Crippen LogP contribution in [0.2, 0.25) is 0 Å². The van der Waals surface area contributed by atoms with E-state index < -0.39 is 11.5 Å². The van der Waals surface area contributed by atoms with Gasteiger partial charge in [0.15, 0.2) is 0 Å². The molecule has 1 rings (SSSR count). The monoisotopic (exact) mass is 258 g/mol. The normalized spacial score (nSPS) is 28.9. The minimum Gasteiger partial charge on any atom is -0.480 e. The van der Waals surface area contributed by atoms with Gasteiger partial charge >= 0.3 is 5.97 Å². The third-order valence-electron chi connectivity index (χ3n) is 4.23. The van der Waals surface area contributed by atoms with E-state index in [2.05, 4.69) is 17.1 Å². The van der Waals surface area contributed by atoms with Crippen molar-refractivity contribution in [1.82, 2.24) is 10.2 Å². The number of hydrogen-bond acceptors (Lipinski definition) is 4. The van der Waals surface area contributed by atoms with Crippen molar-refractivity contribution in [1.29, 1.82) is 0 Å². The van der Waals surface area contributed by atoms with Crippen LogP contribution in [-0.2, 0) is 9.53 Å². The van der Waals surface area contributed by atoms with Gasteiger partial charge in [0.05, 0.1) is 6.10 Å². The smallest absolute Gasteiger partial charge is 0.323 e. The zero-order valence-corrected chi connectivity index (χ0v) is 11.9. The van der Waals surface area contributed by atoms with Gasteiger partial charge in [0.25, 0.3) is 0 Å². The molecule has 0 aromatic heterocycles. The fourth-order valence-electron chi connectivity index (χ4n) is 2.33. The Kier molecular flexibility index (Phi) is 5.56. The van der Waals surface area contributed by atoms with Crippen LogP contribution in [0.1, 0.15) is 26.7 Å². The van der Waals surface area contributed by atoms with E-state index in [1.54, 1.807) is 21.1 Å². The van der Waals surface area contributed by atoms with Crippen LogP contribution in [0.4, 0.5) is 0 Å². The summed E-state index contributed by atoms with van der Waals surface area (Å²) in [6.45, 7) is 6.66. The van der Waals surface area contributed by atoms with Crippen LogP contribution in [0.15, 0.2) is 0 Å². The average Bonchev–Trinajstić information content (AvgIpc) is 2.37. The summed E-state index contributed by atoms with van der Waals surface area (Å²) in [4.78, 5) is 13.5. The highest BCUT2D eigenvalue weighted by molar-refractivity contribution is 5.78. The Hall–Kier alpha value is -0.650. The Morgan fingerprint density at radius 2 is 2.28 bits per heavy atom. The Morgan fingerprint density at radius 3 is 2.78 bits per heavy atom. The molecule has 0 amide bonds. The van der Waals surface area contributed by atoms with E-state index in [4.69, 9.17) is 4.74 Å². The summed E-state index contributed by atoms with van der Waals surface area (Å²) in [6.07, 6.45) is 1.98. The molecule has 106 valence electrons. The van der Waals surface area contributed by atoms with Gasteiger partial charge in [-0.1, -0.05) is 6.92 Å². The zero-order valence-electron chi connectivity index (χ0n) is 11.9. The molecule has 0 aromatic rings. The summed E-state index contributed by atoms with van der Waals surface area (Å²) in [6, 6.07) is 0. The molecule has 0 aliphatic carbocycles. The Morgan fingerprint density at radius 1 is 1.61 bits per heavy atom. The van der Waals surface area contributed by atoms with E-state index in [0.29, 0.717) is 12.3 Å². The third-order valence-corrected chi connectivity index (χ3v) is 4.23. The van der Waals surface area contributed by atoms with Crippen molar-refractivity contribution < 1.29 is 14.6 Å². The molecule has 3 atom stereocenters. The second kappa shape index (κ2) is 6.50. The fraction of sp³-hybridized carbons (Fsp3) is 0.923. The number of aliphatic carboxylic acids is 1. The first-order valence-corrected chi connectivity index (χ1v) is 6.60. The van der Waals surface area contributed by atoms with E-state index in [0.717, 1.165) is 26.1 Å². The van der Waals surface area contributed by atoms with E-state index in [1.807, 2.05) is 0 Å². The summed E-state index contributed by atoms with van der Waals surface area (Å²) in [5.74, 6) is -0.208. The molecular formula is C13H26N2O3. The van der Waals surface area contributed by atoms with Crippen LogP contribution in [0, 0.1) is 5.92 Å². The predicted octanol–water partition coefficient (Wildman–Crippen LogP) is 0.796. The number of carbonyl (C=O) groups is 1. The summed E-state index contributed by atoms with van der Waals surface area (Å²) in [5, 5.41) is 12.1. The molecule has 1 fully saturated rings. The van der Waals surface area contributed by atoms with Gasteiger partial charge in [-0.05, 0) is 39.3 Å². The lowest BCUT2D eigenvalue weighted by Crippen LogP contribution is -2.51. The van der Waals surface area contributed by atoms with Crippen LogP contribution < -0.4 is 5.32 Å². The number of nitrogens with zero attached hydrogens (tertiary/aromatic N) is 1. The molecule has 1 saturated heterocycles. The molecule has 1 aliphatic heterocycles. The number of likely N-dealkylation sites (tertiary alicyclic amines) is 1. The van der Waals surface area contributed by atoms with Gasteiger partial charge in [-0.2, -0.15) is 0 Å². The van der Waals surface area contributed by atoms with Crippen molar-refractivity contribution in [2.24, 2.45) is 5.92 Å². The molecule has 0 bridgehead atoms. The minimum atomic E-state index is -0.842. The van der Waals surface area contributed by atoms with Crippen molar-refractivity contribution in [3.05, 3.63) is 0 Å². The highest BCUT2D eigenvalue weighted by atomic mass is 16.5. The van der Waals surface area contributed by atoms with Gasteiger partial charge in [0.1, 0.15) is 5.54 Å². The quantitative estimate of drug-likeness (QED) is 0.738. The standard InChI is InChI=1S/C13H26N2O3/c1-10-5-7-15(9-11(10)18-4)8-6-13(2,14-3)12(16)17/h10-11,14H,5-9H2,1-4H3,(H,16,17). The molecule has 0 aromatic carbocycles. The van der Waals surface area contributed by atoms with Gasteiger partial charge in [-0.25, -0.2) is 0 Å². The lowest BCUT2D eigenvalue weighted by molar-refractivity contribution is -0.144. The Bertz CT molecular complexity index is 285. The van der Waals surface area contributed by atoms with Gasteiger partial charge in [0, 0.05) is 20.2 Å². The maximum atomic E-state index is 11.2. The molecule has 18 heavy (non-hydrogen) atoms. The molecule has 3 unspecified atom stereocenters. The maximum Gasteiger partial charge on any atom is 0.323 e. The number of carboxylic acids is 1. The molecular weight excluding hydrogens is 232 g/mol. The predicted molar refractivity (Wildman–Crippen MR) is 70.7 cm³/mol. The van der Waals surface area contributed by atoms with E-state index in [1.165, 1.54) is 0 Å². The first kappa shape index (κ1) is 15.4.